The summed E-state index contributed by atoms with van der Waals surface area (Å²) in [5.41, 5.74) is 5.57. The minimum absolute atomic E-state index is 0.161. The van der Waals surface area contributed by atoms with Gasteiger partial charge in [0.25, 0.3) is 0 Å². The van der Waals surface area contributed by atoms with Crippen LogP contribution in [-0.2, 0) is 6.42 Å². The van der Waals surface area contributed by atoms with Crippen molar-refractivity contribution < 1.29 is 13.2 Å². The standard InChI is InChI=1S/C7H7BrF3NS/c8-6-2-4(3-13-6)1-5(12)7(9,10)11/h2-3,5H,1,12H2. The molecule has 0 radical (unpaired) electrons. The molecule has 1 nitrogen and oxygen atoms in total. The maximum atomic E-state index is 12.0. The molecule has 0 spiro atoms. The Balaban J connectivity index is 2.60. The topological polar surface area (TPSA) is 26.0 Å². The molecule has 0 aliphatic heterocycles. The second-order valence-electron chi connectivity index (χ2n) is 2.61. The highest BCUT2D eigenvalue weighted by Gasteiger charge is 2.36. The van der Waals surface area contributed by atoms with E-state index in [2.05, 4.69) is 15.9 Å². The van der Waals surface area contributed by atoms with Crippen molar-refractivity contribution in [3.8, 4) is 0 Å². The Labute approximate surface area is 85.9 Å². The fraction of sp³-hybridized carbons (Fsp3) is 0.429. The Hall–Kier alpha value is -0.0700. The van der Waals surface area contributed by atoms with Crippen molar-refractivity contribution in [3.05, 3.63) is 20.8 Å². The normalized spacial score (nSPS) is 14.5. The first-order valence-corrected chi connectivity index (χ1v) is 5.12. The number of alkyl halides is 3. The Bertz CT molecular complexity index is 284. The van der Waals surface area contributed by atoms with Gasteiger partial charge in [0, 0.05) is 0 Å². The molecule has 0 fully saturated rings. The number of halogens is 4. The van der Waals surface area contributed by atoms with E-state index in [9.17, 15) is 13.2 Å². The maximum absolute atomic E-state index is 12.0. The molecule has 13 heavy (non-hydrogen) atoms. The number of hydrogen-bond acceptors (Lipinski definition) is 2. The summed E-state index contributed by atoms with van der Waals surface area (Å²) in [6, 6.07) is -0.120. The molecule has 0 amide bonds. The van der Waals surface area contributed by atoms with Crippen LogP contribution in [0.2, 0.25) is 0 Å². The molecule has 0 aliphatic carbocycles. The third-order valence-corrected chi connectivity index (χ3v) is 3.05. The first-order chi connectivity index (χ1) is 5.89. The molecule has 1 rings (SSSR count). The molecule has 1 aromatic heterocycles. The molecule has 0 saturated carbocycles. The van der Waals surface area contributed by atoms with Crippen LogP contribution < -0.4 is 5.73 Å². The monoisotopic (exact) mass is 273 g/mol. The van der Waals surface area contributed by atoms with Crippen LogP contribution in [0, 0.1) is 0 Å². The Morgan fingerprint density at radius 3 is 2.54 bits per heavy atom. The van der Waals surface area contributed by atoms with Gasteiger partial charge in [0.2, 0.25) is 0 Å². The Morgan fingerprint density at radius 1 is 1.54 bits per heavy atom. The zero-order valence-corrected chi connectivity index (χ0v) is 8.84. The highest BCUT2D eigenvalue weighted by atomic mass is 79.9. The van der Waals surface area contributed by atoms with E-state index in [1.807, 2.05) is 0 Å². The molecule has 6 heteroatoms. The average Bonchev–Trinajstić information content (AvgIpc) is 2.33. The van der Waals surface area contributed by atoms with Crippen molar-refractivity contribution in [3.63, 3.8) is 0 Å². The number of thiophene rings is 1. The van der Waals surface area contributed by atoms with Gasteiger partial charge in [0.15, 0.2) is 0 Å². The van der Waals surface area contributed by atoms with E-state index in [1.165, 1.54) is 11.3 Å². The summed E-state index contributed by atoms with van der Waals surface area (Å²) in [6.45, 7) is 0. The highest BCUT2D eigenvalue weighted by molar-refractivity contribution is 9.11. The van der Waals surface area contributed by atoms with E-state index in [-0.39, 0.29) is 6.42 Å². The van der Waals surface area contributed by atoms with Crippen molar-refractivity contribution >= 4 is 27.3 Å². The molecule has 1 unspecified atom stereocenters. The quantitative estimate of drug-likeness (QED) is 0.881. The van der Waals surface area contributed by atoms with Gasteiger partial charge in [-0.15, -0.1) is 11.3 Å². The van der Waals surface area contributed by atoms with Crippen molar-refractivity contribution in [1.82, 2.24) is 0 Å². The van der Waals surface area contributed by atoms with Gasteiger partial charge in [-0.25, -0.2) is 0 Å². The van der Waals surface area contributed by atoms with Crippen molar-refractivity contribution in [2.75, 3.05) is 0 Å². The predicted molar refractivity (Wildman–Crippen MR) is 49.8 cm³/mol. The van der Waals surface area contributed by atoms with Crippen LogP contribution in [0.5, 0.6) is 0 Å². The van der Waals surface area contributed by atoms with Gasteiger partial charge in [-0.1, -0.05) is 0 Å². The minimum atomic E-state index is -4.31. The lowest BCUT2D eigenvalue weighted by Crippen LogP contribution is -2.38. The number of rotatable bonds is 2. The summed E-state index contributed by atoms with van der Waals surface area (Å²) in [4.78, 5) is 0. The van der Waals surface area contributed by atoms with Crippen molar-refractivity contribution in [2.24, 2.45) is 5.73 Å². The second-order valence-corrected chi connectivity index (χ2v) is 4.90. The summed E-state index contributed by atoms with van der Waals surface area (Å²) in [5, 5.41) is 1.66. The highest BCUT2D eigenvalue weighted by Crippen LogP contribution is 2.25. The summed E-state index contributed by atoms with van der Waals surface area (Å²) in [5.74, 6) is 0. The van der Waals surface area contributed by atoms with Crippen LogP contribution in [0.25, 0.3) is 0 Å². The molecule has 1 aromatic rings. The smallest absolute Gasteiger partial charge is 0.320 e. The van der Waals surface area contributed by atoms with Crippen molar-refractivity contribution in [1.29, 1.82) is 0 Å². The minimum Gasteiger partial charge on any atom is -0.320 e. The molecule has 0 aromatic carbocycles. The zero-order valence-electron chi connectivity index (χ0n) is 6.44. The second kappa shape index (κ2) is 3.98. The van der Waals surface area contributed by atoms with Crippen LogP contribution in [0.1, 0.15) is 5.56 Å². The summed E-state index contributed by atoms with van der Waals surface area (Å²) < 4.78 is 36.8. The van der Waals surface area contributed by atoms with Crippen LogP contribution in [0.3, 0.4) is 0 Å². The van der Waals surface area contributed by atoms with Gasteiger partial charge >= 0.3 is 6.18 Å². The molecule has 0 aliphatic rings. The molecular formula is C7H7BrF3NS. The zero-order chi connectivity index (χ0) is 10.1. The van der Waals surface area contributed by atoms with Gasteiger partial charge in [-0.05, 0) is 39.4 Å². The van der Waals surface area contributed by atoms with E-state index >= 15 is 0 Å². The van der Waals surface area contributed by atoms with Gasteiger partial charge in [0.05, 0.1) is 3.79 Å². The molecular weight excluding hydrogens is 267 g/mol. The molecule has 1 atom stereocenters. The van der Waals surface area contributed by atoms with Crippen molar-refractivity contribution in [2.45, 2.75) is 18.6 Å². The Morgan fingerprint density at radius 2 is 2.15 bits per heavy atom. The summed E-state index contributed by atoms with van der Waals surface area (Å²) in [6.07, 6.45) is -4.47. The third kappa shape index (κ3) is 3.28. The van der Waals surface area contributed by atoms with Crippen LogP contribution in [-0.4, -0.2) is 12.2 Å². The lowest BCUT2D eigenvalue weighted by molar-refractivity contribution is -0.147. The fourth-order valence-corrected chi connectivity index (χ4v) is 2.04. The van der Waals surface area contributed by atoms with E-state index in [1.54, 1.807) is 11.4 Å². The van der Waals surface area contributed by atoms with Crippen LogP contribution in [0.4, 0.5) is 13.2 Å². The van der Waals surface area contributed by atoms with Gasteiger partial charge in [0.1, 0.15) is 6.04 Å². The first-order valence-electron chi connectivity index (χ1n) is 3.45. The molecule has 0 bridgehead atoms. The predicted octanol–water partition coefficient (Wildman–Crippen LogP) is 2.94. The Kier molecular flexibility index (Phi) is 3.37. The van der Waals surface area contributed by atoms with E-state index in [0.717, 1.165) is 3.79 Å². The fourth-order valence-electron chi connectivity index (χ4n) is 0.822. The van der Waals surface area contributed by atoms with Gasteiger partial charge in [-0.2, -0.15) is 13.2 Å². The molecule has 0 saturated heterocycles. The molecule has 74 valence electrons. The average molecular weight is 274 g/mol. The van der Waals surface area contributed by atoms with Gasteiger partial charge < -0.3 is 5.73 Å². The van der Waals surface area contributed by atoms with E-state index in [4.69, 9.17) is 5.73 Å². The number of hydrogen-bond donors (Lipinski definition) is 1. The lowest BCUT2D eigenvalue weighted by Gasteiger charge is -2.14. The maximum Gasteiger partial charge on any atom is 0.403 e. The number of nitrogens with two attached hydrogens (primary N) is 1. The van der Waals surface area contributed by atoms with E-state index < -0.39 is 12.2 Å². The largest absolute Gasteiger partial charge is 0.403 e. The lowest BCUT2D eigenvalue weighted by atomic mass is 10.1. The SMILES string of the molecule is NC(Cc1csc(Br)c1)C(F)(F)F. The summed E-state index contributed by atoms with van der Waals surface area (Å²) in [7, 11) is 0. The third-order valence-electron chi connectivity index (χ3n) is 1.50. The van der Waals surface area contributed by atoms with Crippen LogP contribution >= 0.6 is 27.3 Å². The summed E-state index contributed by atoms with van der Waals surface area (Å²) >= 11 is 4.52. The molecule has 1 heterocycles. The molecule has 2 N–H and O–H groups in total. The van der Waals surface area contributed by atoms with E-state index in [0.29, 0.717) is 5.56 Å². The first kappa shape index (κ1) is 11.0. The van der Waals surface area contributed by atoms with Gasteiger partial charge in [-0.3, -0.25) is 0 Å². The van der Waals surface area contributed by atoms with Crippen LogP contribution in [0.15, 0.2) is 15.2 Å².